The SMILES string of the molecule is O=[N+]([O-])c1ccccc1CN(CCc1ccc(Cl)cc1Cl)S(=O)(=O)c1ccc(Br)cc1. The summed E-state index contributed by atoms with van der Waals surface area (Å²) in [6, 6.07) is 17.3. The van der Waals surface area contributed by atoms with Crippen molar-refractivity contribution < 1.29 is 13.3 Å². The van der Waals surface area contributed by atoms with Crippen LogP contribution < -0.4 is 0 Å². The van der Waals surface area contributed by atoms with Crippen LogP contribution >= 0.6 is 39.1 Å². The Balaban J connectivity index is 1.97. The van der Waals surface area contributed by atoms with Gasteiger partial charge in [0.05, 0.1) is 9.82 Å². The van der Waals surface area contributed by atoms with Gasteiger partial charge in [0.1, 0.15) is 0 Å². The lowest BCUT2D eigenvalue weighted by Gasteiger charge is -2.23. The first-order valence-corrected chi connectivity index (χ1v) is 12.1. The molecule has 0 unspecified atom stereocenters. The summed E-state index contributed by atoms with van der Waals surface area (Å²) in [7, 11) is -3.93. The van der Waals surface area contributed by atoms with E-state index in [1.165, 1.54) is 22.5 Å². The highest BCUT2D eigenvalue weighted by Gasteiger charge is 2.27. The largest absolute Gasteiger partial charge is 0.273 e. The van der Waals surface area contributed by atoms with E-state index in [1.807, 2.05) is 0 Å². The van der Waals surface area contributed by atoms with E-state index in [0.29, 0.717) is 22.0 Å². The zero-order valence-electron chi connectivity index (χ0n) is 16.0. The number of rotatable bonds is 8. The monoisotopic (exact) mass is 542 g/mol. The number of para-hydroxylation sites is 1. The van der Waals surface area contributed by atoms with Crippen LogP contribution in [-0.2, 0) is 23.0 Å². The molecule has 0 aliphatic carbocycles. The van der Waals surface area contributed by atoms with Gasteiger partial charge in [-0.3, -0.25) is 10.1 Å². The standard InChI is InChI=1S/C21H17BrCl2N2O4S/c22-17-6-9-19(10-7-17)31(29,30)25(12-11-15-5-8-18(23)13-20(15)24)14-16-3-1-2-4-21(16)26(27)28/h1-10,13H,11-12,14H2. The molecule has 0 aliphatic heterocycles. The first-order chi connectivity index (χ1) is 14.7. The molecule has 0 aliphatic rings. The molecule has 0 N–H and O–H groups in total. The first-order valence-electron chi connectivity index (χ1n) is 9.10. The Morgan fingerprint density at radius 2 is 1.65 bits per heavy atom. The quantitative estimate of drug-likeness (QED) is 0.254. The Bertz CT molecular complexity index is 1200. The van der Waals surface area contributed by atoms with Gasteiger partial charge in [-0.2, -0.15) is 4.31 Å². The number of nitrogens with zero attached hydrogens (tertiary/aromatic N) is 2. The predicted molar refractivity (Wildman–Crippen MR) is 125 cm³/mol. The maximum absolute atomic E-state index is 13.4. The average molecular weight is 544 g/mol. The van der Waals surface area contributed by atoms with Crippen molar-refractivity contribution in [3.05, 3.63) is 102 Å². The Hall–Kier alpha value is -1.97. The second-order valence-corrected chi connectivity index (χ2v) is 10.4. The summed E-state index contributed by atoms with van der Waals surface area (Å²) in [5.74, 6) is 0. The zero-order chi connectivity index (χ0) is 22.6. The van der Waals surface area contributed by atoms with Gasteiger partial charge in [0.15, 0.2) is 0 Å². The van der Waals surface area contributed by atoms with Crippen LogP contribution in [-0.4, -0.2) is 24.2 Å². The summed E-state index contributed by atoms with van der Waals surface area (Å²) in [6.45, 7) is -0.0768. The molecular formula is C21H17BrCl2N2O4S. The zero-order valence-corrected chi connectivity index (χ0v) is 20.0. The van der Waals surface area contributed by atoms with Crippen LogP contribution in [0.5, 0.6) is 0 Å². The highest BCUT2D eigenvalue weighted by molar-refractivity contribution is 9.10. The minimum absolute atomic E-state index is 0.0752. The maximum Gasteiger partial charge on any atom is 0.273 e. The van der Waals surface area contributed by atoms with Gasteiger partial charge < -0.3 is 0 Å². The van der Waals surface area contributed by atoms with E-state index in [0.717, 1.165) is 10.0 Å². The van der Waals surface area contributed by atoms with E-state index < -0.39 is 14.9 Å². The molecule has 0 saturated heterocycles. The lowest BCUT2D eigenvalue weighted by atomic mass is 10.1. The van der Waals surface area contributed by atoms with Gasteiger partial charge in [-0.05, 0) is 48.4 Å². The van der Waals surface area contributed by atoms with Crippen molar-refractivity contribution in [1.82, 2.24) is 4.31 Å². The van der Waals surface area contributed by atoms with Gasteiger partial charge in [-0.25, -0.2) is 8.42 Å². The molecule has 0 spiro atoms. The van der Waals surface area contributed by atoms with Gasteiger partial charge in [0.25, 0.3) is 5.69 Å². The van der Waals surface area contributed by atoms with Crippen LogP contribution in [0.2, 0.25) is 10.0 Å². The molecule has 0 aromatic heterocycles. The first kappa shape index (κ1) is 23.7. The van der Waals surface area contributed by atoms with Gasteiger partial charge in [0, 0.05) is 39.2 Å². The van der Waals surface area contributed by atoms with Crippen LogP contribution in [0.1, 0.15) is 11.1 Å². The normalized spacial score (nSPS) is 11.6. The fraction of sp³-hybridized carbons (Fsp3) is 0.143. The molecule has 0 fully saturated rings. The van der Waals surface area contributed by atoms with E-state index in [4.69, 9.17) is 23.2 Å². The van der Waals surface area contributed by atoms with Crippen LogP contribution in [0.25, 0.3) is 0 Å². The van der Waals surface area contributed by atoms with Crippen LogP contribution in [0, 0.1) is 10.1 Å². The molecule has 31 heavy (non-hydrogen) atoms. The number of benzene rings is 3. The number of sulfonamides is 1. The maximum atomic E-state index is 13.4. The molecule has 0 bridgehead atoms. The third kappa shape index (κ3) is 5.84. The summed E-state index contributed by atoms with van der Waals surface area (Å²) in [6.07, 6.45) is 0.312. The number of nitro benzene ring substituents is 1. The van der Waals surface area contributed by atoms with Crippen LogP contribution in [0.15, 0.2) is 76.1 Å². The van der Waals surface area contributed by atoms with E-state index in [9.17, 15) is 18.5 Å². The molecule has 0 atom stereocenters. The van der Waals surface area contributed by atoms with Crippen molar-refractivity contribution in [2.75, 3.05) is 6.54 Å². The predicted octanol–water partition coefficient (Wildman–Crippen LogP) is 6.10. The highest BCUT2D eigenvalue weighted by atomic mass is 79.9. The number of nitro groups is 1. The average Bonchev–Trinajstić information content (AvgIpc) is 2.72. The summed E-state index contributed by atoms with van der Waals surface area (Å²) >= 11 is 15.5. The van der Waals surface area contributed by atoms with Gasteiger partial charge in [-0.1, -0.05) is 63.4 Å². The molecule has 3 rings (SSSR count). The van der Waals surface area contributed by atoms with Gasteiger partial charge in [0.2, 0.25) is 10.0 Å². The van der Waals surface area contributed by atoms with Crippen LogP contribution in [0.4, 0.5) is 5.69 Å². The van der Waals surface area contributed by atoms with Crippen molar-refractivity contribution in [2.45, 2.75) is 17.9 Å². The summed E-state index contributed by atoms with van der Waals surface area (Å²) < 4.78 is 28.7. The molecule has 6 nitrogen and oxygen atoms in total. The number of hydrogen-bond donors (Lipinski definition) is 0. The minimum atomic E-state index is -3.93. The van der Waals surface area contributed by atoms with Gasteiger partial charge >= 0.3 is 0 Å². The molecule has 0 amide bonds. The van der Waals surface area contributed by atoms with Crippen molar-refractivity contribution in [2.24, 2.45) is 0 Å². The summed E-state index contributed by atoms with van der Waals surface area (Å²) in [4.78, 5) is 11.0. The van der Waals surface area contributed by atoms with Crippen molar-refractivity contribution in [3.63, 3.8) is 0 Å². The van der Waals surface area contributed by atoms with E-state index in [2.05, 4.69) is 15.9 Å². The molecule has 3 aromatic carbocycles. The van der Waals surface area contributed by atoms with Crippen molar-refractivity contribution in [3.8, 4) is 0 Å². The molecular weight excluding hydrogens is 527 g/mol. The van der Waals surface area contributed by atoms with E-state index in [1.54, 1.807) is 48.5 Å². The number of hydrogen-bond acceptors (Lipinski definition) is 4. The highest BCUT2D eigenvalue weighted by Crippen LogP contribution is 2.27. The molecule has 10 heteroatoms. The summed E-state index contributed by atoms with van der Waals surface area (Å²) in [5, 5.41) is 12.3. The lowest BCUT2D eigenvalue weighted by molar-refractivity contribution is -0.385. The van der Waals surface area contributed by atoms with Crippen molar-refractivity contribution in [1.29, 1.82) is 0 Å². The molecule has 3 aromatic rings. The lowest BCUT2D eigenvalue weighted by Crippen LogP contribution is -2.33. The fourth-order valence-corrected chi connectivity index (χ4v) is 5.21. The smallest absolute Gasteiger partial charge is 0.258 e. The molecule has 162 valence electrons. The molecule has 0 heterocycles. The minimum Gasteiger partial charge on any atom is -0.258 e. The molecule has 0 radical (unpaired) electrons. The van der Waals surface area contributed by atoms with Crippen molar-refractivity contribution >= 4 is 54.8 Å². The topological polar surface area (TPSA) is 80.5 Å². The third-order valence-corrected chi connectivity index (χ3v) is 7.61. The Morgan fingerprint density at radius 1 is 0.968 bits per heavy atom. The van der Waals surface area contributed by atoms with E-state index >= 15 is 0 Å². The Labute approximate surface area is 198 Å². The number of halogens is 3. The second-order valence-electron chi connectivity index (χ2n) is 6.66. The fourth-order valence-electron chi connectivity index (χ4n) is 3.02. The van der Waals surface area contributed by atoms with Crippen LogP contribution in [0.3, 0.4) is 0 Å². The summed E-state index contributed by atoms with van der Waals surface area (Å²) in [5.41, 5.74) is 0.892. The Morgan fingerprint density at radius 3 is 2.29 bits per heavy atom. The Kier molecular flexibility index (Phi) is 7.72. The third-order valence-electron chi connectivity index (χ3n) is 4.63. The molecule has 0 saturated carbocycles. The second kappa shape index (κ2) is 10.1. The van der Waals surface area contributed by atoms with E-state index in [-0.39, 0.29) is 23.7 Å². The van der Waals surface area contributed by atoms with Gasteiger partial charge in [-0.15, -0.1) is 0 Å².